The summed E-state index contributed by atoms with van der Waals surface area (Å²) in [6, 6.07) is 1.36. The fraction of sp³-hybridized carbons (Fsp3) is 0.500. The van der Waals surface area contributed by atoms with Crippen LogP contribution >= 0.6 is 11.6 Å². The van der Waals surface area contributed by atoms with Gasteiger partial charge in [-0.2, -0.15) is 0 Å². The number of aromatic nitrogens is 2. The van der Waals surface area contributed by atoms with Crippen molar-refractivity contribution >= 4 is 23.6 Å². The summed E-state index contributed by atoms with van der Waals surface area (Å²) >= 11 is 5.65. The minimum absolute atomic E-state index is 0.169. The molecular weight excluding hydrogens is 284 g/mol. The van der Waals surface area contributed by atoms with Crippen molar-refractivity contribution in [1.82, 2.24) is 20.6 Å². The summed E-state index contributed by atoms with van der Waals surface area (Å²) in [6.45, 7) is 5.81. The first-order chi connectivity index (χ1) is 9.28. The van der Waals surface area contributed by atoms with E-state index < -0.39 is 11.7 Å². The Balaban J connectivity index is 2.28. The van der Waals surface area contributed by atoms with Gasteiger partial charge in [-0.05, 0) is 20.8 Å². The molecule has 110 valence electrons. The van der Waals surface area contributed by atoms with Crippen LogP contribution in [0.15, 0.2) is 12.4 Å². The van der Waals surface area contributed by atoms with Crippen LogP contribution in [-0.2, 0) is 4.74 Å². The lowest BCUT2D eigenvalue weighted by Gasteiger charge is -2.19. The fourth-order valence-electron chi connectivity index (χ4n) is 1.20. The SMILES string of the molecule is CC(C)(C)OC(=O)NCCNC(=O)c1cc(Cl)ncn1. The van der Waals surface area contributed by atoms with Crippen molar-refractivity contribution < 1.29 is 14.3 Å². The van der Waals surface area contributed by atoms with E-state index in [-0.39, 0.29) is 29.8 Å². The molecule has 0 aliphatic rings. The van der Waals surface area contributed by atoms with Crippen LogP contribution in [0.5, 0.6) is 0 Å². The summed E-state index contributed by atoms with van der Waals surface area (Å²) < 4.78 is 5.04. The zero-order valence-corrected chi connectivity index (χ0v) is 12.3. The van der Waals surface area contributed by atoms with Gasteiger partial charge in [0.05, 0.1) is 0 Å². The Morgan fingerprint density at radius 1 is 1.25 bits per heavy atom. The molecule has 0 radical (unpaired) electrons. The number of nitrogens with zero attached hydrogens (tertiary/aromatic N) is 2. The molecule has 8 heteroatoms. The molecule has 2 amide bonds. The number of carbonyl (C=O) groups is 2. The lowest BCUT2D eigenvalue weighted by Crippen LogP contribution is -2.38. The summed E-state index contributed by atoms with van der Waals surface area (Å²) in [6.07, 6.45) is 0.674. The van der Waals surface area contributed by atoms with Crippen molar-refractivity contribution in [1.29, 1.82) is 0 Å². The van der Waals surface area contributed by atoms with Crippen molar-refractivity contribution in [3.05, 3.63) is 23.2 Å². The maximum atomic E-state index is 11.7. The predicted molar refractivity (Wildman–Crippen MR) is 73.6 cm³/mol. The Morgan fingerprint density at radius 2 is 1.90 bits per heavy atom. The Bertz CT molecular complexity index is 488. The first-order valence-electron chi connectivity index (χ1n) is 6.00. The molecule has 7 nitrogen and oxygen atoms in total. The predicted octanol–water partition coefficient (Wildman–Crippen LogP) is 1.38. The largest absolute Gasteiger partial charge is 0.444 e. The molecule has 0 aliphatic carbocycles. The van der Waals surface area contributed by atoms with E-state index in [1.165, 1.54) is 12.4 Å². The second kappa shape index (κ2) is 7.04. The van der Waals surface area contributed by atoms with Gasteiger partial charge in [0.1, 0.15) is 22.8 Å². The molecule has 0 saturated heterocycles. The molecule has 20 heavy (non-hydrogen) atoms. The maximum absolute atomic E-state index is 11.7. The zero-order valence-electron chi connectivity index (χ0n) is 11.6. The Kier molecular flexibility index (Phi) is 5.69. The molecule has 1 aromatic rings. The van der Waals surface area contributed by atoms with E-state index in [1.54, 1.807) is 20.8 Å². The third-order valence-electron chi connectivity index (χ3n) is 1.95. The van der Waals surface area contributed by atoms with E-state index in [0.29, 0.717) is 0 Å². The van der Waals surface area contributed by atoms with E-state index >= 15 is 0 Å². The van der Waals surface area contributed by atoms with Crippen molar-refractivity contribution in [2.24, 2.45) is 0 Å². The van der Waals surface area contributed by atoms with Gasteiger partial charge >= 0.3 is 6.09 Å². The molecule has 1 heterocycles. The van der Waals surface area contributed by atoms with Crippen molar-refractivity contribution in [2.45, 2.75) is 26.4 Å². The third-order valence-corrected chi connectivity index (χ3v) is 2.15. The van der Waals surface area contributed by atoms with Gasteiger partial charge in [0.2, 0.25) is 0 Å². The highest BCUT2D eigenvalue weighted by Gasteiger charge is 2.15. The molecule has 0 atom stereocenters. The highest BCUT2D eigenvalue weighted by molar-refractivity contribution is 6.29. The third kappa shape index (κ3) is 6.33. The Hall–Kier alpha value is -1.89. The lowest BCUT2D eigenvalue weighted by molar-refractivity contribution is 0.0526. The van der Waals surface area contributed by atoms with Crippen LogP contribution in [0.3, 0.4) is 0 Å². The highest BCUT2D eigenvalue weighted by Crippen LogP contribution is 2.06. The summed E-state index contributed by atoms with van der Waals surface area (Å²) in [5.74, 6) is -0.389. The maximum Gasteiger partial charge on any atom is 0.407 e. The number of halogens is 1. The number of ether oxygens (including phenoxy) is 1. The van der Waals surface area contributed by atoms with Gasteiger partial charge in [0.15, 0.2) is 0 Å². The number of alkyl carbamates (subject to hydrolysis) is 1. The second-order valence-electron chi connectivity index (χ2n) is 4.91. The summed E-state index contributed by atoms with van der Waals surface area (Å²) in [4.78, 5) is 30.5. The first-order valence-corrected chi connectivity index (χ1v) is 6.38. The molecule has 0 aromatic carbocycles. The summed E-state index contributed by atoms with van der Waals surface area (Å²) in [7, 11) is 0. The van der Waals surface area contributed by atoms with Crippen LogP contribution < -0.4 is 10.6 Å². The fourth-order valence-corrected chi connectivity index (χ4v) is 1.35. The number of rotatable bonds is 4. The number of nitrogens with one attached hydrogen (secondary N) is 2. The molecule has 0 aliphatic heterocycles. The van der Waals surface area contributed by atoms with Gasteiger partial charge in [-0.3, -0.25) is 4.79 Å². The monoisotopic (exact) mass is 300 g/mol. The van der Waals surface area contributed by atoms with E-state index in [1.807, 2.05) is 0 Å². The second-order valence-corrected chi connectivity index (χ2v) is 5.30. The molecule has 0 saturated carbocycles. The molecule has 1 rings (SSSR count). The minimum atomic E-state index is -0.551. The van der Waals surface area contributed by atoms with Crippen LogP contribution in [-0.4, -0.2) is 40.7 Å². The quantitative estimate of drug-likeness (QED) is 0.647. The van der Waals surface area contributed by atoms with Crippen LogP contribution in [0.4, 0.5) is 4.79 Å². The molecule has 0 bridgehead atoms. The molecule has 0 spiro atoms. The average molecular weight is 301 g/mol. The van der Waals surface area contributed by atoms with E-state index in [9.17, 15) is 9.59 Å². The van der Waals surface area contributed by atoms with Crippen molar-refractivity contribution in [3.8, 4) is 0 Å². The first kappa shape index (κ1) is 16.2. The van der Waals surface area contributed by atoms with Crippen molar-refractivity contribution in [2.75, 3.05) is 13.1 Å². The van der Waals surface area contributed by atoms with Crippen LogP contribution in [0.1, 0.15) is 31.3 Å². The van der Waals surface area contributed by atoms with Crippen molar-refractivity contribution in [3.63, 3.8) is 0 Å². The van der Waals surface area contributed by atoms with E-state index in [2.05, 4.69) is 20.6 Å². The topological polar surface area (TPSA) is 93.2 Å². The molecule has 2 N–H and O–H groups in total. The highest BCUT2D eigenvalue weighted by atomic mass is 35.5. The molecular formula is C12H17ClN4O3. The van der Waals surface area contributed by atoms with Gasteiger partial charge in [0, 0.05) is 19.2 Å². The van der Waals surface area contributed by atoms with Crippen LogP contribution in [0, 0.1) is 0 Å². The van der Waals surface area contributed by atoms with Gasteiger partial charge in [-0.15, -0.1) is 0 Å². The van der Waals surface area contributed by atoms with Gasteiger partial charge in [-0.1, -0.05) is 11.6 Å². The summed E-state index contributed by atoms with van der Waals surface area (Å²) in [5.41, 5.74) is -0.382. The Morgan fingerprint density at radius 3 is 2.50 bits per heavy atom. The standard InChI is InChI=1S/C12H17ClN4O3/c1-12(2,3)20-11(19)15-5-4-14-10(18)8-6-9(13)17-7-16-8/h6-7H,4-5H2,1-3H3,(H,14,18)(H,15,19). The number of hydrogen-bond donors (Lipinski definition) is 2. The smallest absolute Gasteiger partial charge is 0.407 e. The van der Waals surface area contributed by atoms with Gasteiger partial charge in [-0.25, -0.2) is 14.8 Å². The van der Waals surface area contributed by atoms with E-state index in [0.717, 1.165) is 0 Å². The summed E-state index contributed by atoms with van der Waals surface area (Å²) in [5, 5.41) is 5.30. The van der Waals surface area contributed by atoms with E-state index in [4.69, 9.17) is 16.3 Å². The van der Waals surface area contributed by atoms with Gasteiger partial charge in [0.25, 0.3) is 5.91 Å². The zero-order chi connectivity index (χ0) is 15.2. The number of carbonyl (C=O) groups excluding carboxylic acids is 2. The van der Waals surface area contributed by atoms with Crippen LogP contribution in [0.2, 0.25) is 5.15 Å². The molecule has 0 fully saturated rings. The normalized spacial score (nSPS) is 10.8. The lowest BCUT2D eigenvalue weighted by atomic mass is 10.2. The van der Waals surface area contributed by atoms with Gasteiger partial charge < -0.3 is 15.4 Å². The average Bonchev–Trinajstić information content (AvgIpc) is 2.32. The number of hydrogen-bond acceptors (Lipinski definition) is 5. The van der Waals surface area contributed by atoms with Crippen LogP contribution in [0.25, 0.3) is 0 Å². The number of amides is 2. The molecule has 1 aromatic heterocycles. The minimum Gasteiger partial charge on any atom is -0.444 e. The Labute approximate surface area is 122 Å². The molecule has 0 unspecified atom stereocenters.